The van der Waals surface area contributed by atoms with E-state index in [1.165, 1.54) is 10.9 Å². The van der Waals surface area contributed by atoms with Crippen LogP contribution in [0.2, 0.25) is 15.1 Å². The summed E-state index contributed by atoms with van der Waals surface area (Å²) in [6, 6.07) is 12.2. The molecule has 0 aliphatic rings. The van der Waals surface area contributed by atoms with Crippen molar-refractivity contribution in [2.45, 2.75) is 5.16 Å². The van der Waals surface area contributed by atoms with Crippen molar-refractivity contribution >= 4 is 70.3 Å². The summed E-state index contributed by atoms with van der Waals surface area (Å²) >= 11 is 19.1. The number of benzene rings is 2. The number of hydrogen-bond acceptors (Lipinski definition) is 7. The lowest BCUT2D eigenvalue weighted by Crippen LogP contribution is -2.17. The molecule has 2 aromatic carbocycles. The minimum absolute atomic E-state index is 0.0427. The first-order valence-corrected chi connectivity index (χ1v) is 10.2. The lowest BCUT2D eigenvalue weighted by Gasteiger charge is -2.08. The molecule has 0 saturated heterocycles. The Morgan fingerprint density at radius 2 is 1.90 bits per heavy atom. The van der Waals surface area contributed by atoms with Crippen LogP contribution in [-0.2, 0) is 4.79 Å². The molecule has 29 heavy (non-hydrogen) atoms. The molecule has 0 fully saturated rings. The van der Waals surface area contributed by atoms with Crippen molar-refractivity contribution in [3.05, 3.63) is 63.1 Å². The maximum atomic E-state index is 12.1. The van der Waals surface area contributed by atoms with Gasteiger partial charge in [-0.2, -0.15) is 5.10 Å². The second kappa shape index (κ2) is 9.84. The van der Waals surface area contributed by atoms with Crippen LogP contribution in [0, 0.1) is 0 Å². The van der Waals surface area contributed by atoms with Crippen molar-refractivity contribution in [1.29, 1.82) is 0 Å². The SMILES string of the molecule is Nn1c(N/N=C/c2ccccc2Cl)nnc1SCC(=O)Nc1cccc(Cl)c1Cl. The van der Waals surface area contributed by atoms with Gasteiger partial charge in [-0.05, 0) is 18.2 Å². The fourth-order valence-corrected chi connectivity index (χ4v) is 3.30. The number of amides is 1. The predicted molar refractivity (Wildman–Crippen MR) is 119 cm³/mol. The first-order chi connectivity index (χ1) is 14.0. The first-order valence-electron chi connectivity index (χ1n) is 8.06. The van der Waals surface area contributed by atoms with Gasteiger partial charge in [0.05, 0.1) is 27.7 Å². The van der Waals surface area contributed by atoms with E-state index in [2.05, 4.69) is 26.0 Å². The maximum Gasteiger partial charge on any atom is 0.264 e. The van der Waals surface area contributed by atoms with E-state index < -0.39 is 0 Å². The summed E-state index contributed by atoms with van der Waals surface area (Å²) in [6.45, 7) is 0. The molecule has 1 aromatic heterocycles. The smallest absolute Gasteiger partial charge is 0.264 e. The van der Waals surface area contributed by atoms with Gasteiger partial charge in [-0.1, -0.05) is 70.8 Å². The third-order valence-electron chi connectivity index (χ3n) is 3.50. The number of hydrogen-bond donors (Lipinski definition) is 3. The molecule has 1 heterocycles. The van der Waals surface area contributed by atoms with E-state index in [0.717, 1.165) is 17.3 Å². The molecule has 1 amide bonds. The number of nitrogen functional groups attached to an aromatic ring is 1. The van der Waals surface area contributed by atoms with Crippen molar-refractivity contribution in [3.63, 3.8) is 0 Å². The zero-order chi connectivity index (χ0) is 20.8. The van der Waals surface area contributed by atoms with E-state index in [1.54, 1.807) is 24.3 Å². The van der Waals surface area contributed by atoms with Crippen LogP contribution in [0.25, 0.3) is 0 Å². The fraction of sp³-hybridized carbons (Fsp3) is 0.0588. The van der Waals surface area contributed by atoms with Crippen LogP contribution >= 0.6 is 46.6 Å². The number of hydrazone groups is 1. The molecular formula is C17H14Cl3N7OS. The van der Waals surface area contributed by atoms with E-state index in [-0.39, 0.29) is 22.6 Å². The topological polar surface area (TPSA) is 110 Å². The Balaban J connectivity index is 1.56. The van der Waals surface area contributed by atoms with Crippen LogP contribution in [0.4, 0.5) is 11.6 Å². The fourth-order valence-electron chi connectivity index (χ4n) is 2.11. The zero-order valence-electron chi connectivity index (χ0n) is 14.6. The number of halogens is 3. The van der Waals surface area contributed by atoms with Crippen LogP contribution in [0.5, 0.6) is 0 Å². The molecule has 3 rings (SSSR count). The van der Waals surface area contributed by atoms with Gasteiger partial charge in [-0.25, -0.2) is 10.1 Å². The highest BCUT2D eigenvalue weighted by molar-refractivity contribution is 7.99. The third-order valence-corrected chi connectivity index (χ3v) is 5.60. The molecule has 12 heteroatoms. The van der Waals surface area contributed by atoms with Crippen molar-refractivity contribution < 1.29 is 4.79 Å². The van der Waals surface area contributed by atoms with E-state index in [4.69, 9.17) is 40.6 Å². The van der Waals surface area contributed by atoms with Crippen molar-refractivity contribution in [2.24, 2.45) is 5.10 Å². The highest BCUT2D eigenvalue weighted by atomic mass is 35.5. The van der Waals surface area contributed by atoms with Gasteiger partial charge in [-0.15, -0.1) is 10.2 Å². The number of anilines is 2. The molecule has 0 spiro atoms. The summed E-state index contributed by atoms with van der Waals surface area (Å²) in [4.78, 5) is 12.1. The van der Waals surface area contributed by atoms with E-state index in [0.29, 0.717) is 20.9 Å². The van der Waals surface area contributed by atoms with Gasteiger partial charge >= 0.3 is 0 Å². The summed E-state index contributed by atoms with van der Waals surface area (Å²) < 4.78 is 1.19. The van der Waals surface area contributed by atoms with Gasteiger partial charge in [-0.3, -0.25) is 4.79 Å². The standard InChI is InChI=1S/C17H14Cl3N7OS/c18-11-5-2-1-4-10(11)8-22-24-16-25-26-17(27(16)21)29-9-14(28)23-13-7-3-6-12(19)15(13)20/h1-8H,9,21H2,(H,23,28)(H,24,25)/b22-8+. The predicted octanol–water partition coefficient (Wildman–Crippen LogP) is 4.13. The monoisotopic (exact) mass is 469 g/mol. The summed E-state index contributed by atoms with van der Waals surface area (Å²) in [6.07, 6.45) is 1.53. The van der Waals surface area contributed by atoms with Crippen molar-refractivity contribution in [2.75, 3.05) is 22.3 Å². The van der Waals surface area contributed by atoms with Gasteiger partial charge in [0, 0.05) is 10.6 Å². The molecule has 0 radical (unpaired) electrons. The quantitative estimate of drug-likeness (QED) is 0.207. The molecule has 0 bridgehead atoms. The number of carbonyl (C=O) groups excluding carboxylic acids is 1. The van der Waals surface area contributed by atoms with Gasteiger partial charge in [0.25, 0.3) is 5.95 Å². The first kappa shape index (κ1) is 21.3. The highest BCUT2D eigenvalue weighted by Crippen LogP contribution is 2.29. The number of aromatic nitrogens is 3. The molecule has 3 aromatic rings. The number of carbonyl (C=O) groups is 1. The molecule has 0 atom stereocenters. The lowest BCUT2D eigenvalue weighted by atomic mass is 10.2. The average Bonchev–Trinajstić information content (AvgIpc) is 3.05. The Hall–Kier alpha value is -2.46. The van der Waals surface area contributed by atoms with Crippen molar-refractivity contribution in [1.82, 2.24) is 14.9 Å². The maximum absolute atomic E-state index is 12.1. The van der Waals surface area contributed by atoms with Crippen molar-refractivity contribution in [3.8, 4) is 0 Å². The van der Waals surface area contributed by atoms with Gasteiger partial charge in [0.1, 0.15) is 0 Å². The number of nitrogens with zero attached hydrogens (tertiary/aromatic N) is 4. The molecular weight excluding hydrogens is 457 g/mol. The second-order valence-electron chi connectivity index (χ2n) is 5.51. The van der Waals surface area contributed by atoms with Gasteiger partial charge in [0.2, 0.25) is 11.1 Å². The number of nitrogens with two attached hydrogens (primary N) is 1. The Morgan fingerprint density at radius 1 is 1.14 bits per heavy atom. The summed E-state index contributed by atoms with van der Waals surface area (Å²) in [5.74, 6) is 5.88. The Bertz CT molecular complexity index is 1060. The number of nitrogens with one attached hydrogen (secondary N) is 2. The van der Waals surface area contributed by atoms with Crippen LogP contribution in [0.1, 0.15) is 5.56 Å². The molecule has 0 aliphatic carbocycles. The lowest BCUT2D eigenvalue weighted by molar-refractivity contribution is -0.113. The molecule has 150 valence electrons. The number of thioether (sulfide) groups is 1. The molecule has 0 unspecified atom stereocenters. The van der Waals surface area contributed by atoms with E-state index >= 15 is 0 Å². The van der Waals surface area contributed by atoms with Crippen LogP contribution in [0.3, 0.4) is 0 Å². The van der Waals surface area contributed by atoms with Crippen LogP contribution in [-0.4, -0.2) is 32.7 Å². The molecule has 0 aliphatic heterocycles. The molecule has 8 nitrogen and oxygen atoms in total. The minimum atomic E-state index is -0.298. The summed E-state index contributed by atoms with van der Waals surface area (Å²) in [5, 5.41) is 16.1. The van der Waals surface area contributed by atoms with Crippen LogP contribution in [0.15, 0.2) is 52.7 Å². The van der Waals surface area contributed by atoms with Gasteiger partial charge in [0.15, 0.2) is 0 Å². The molecule has 4 N–H and O–H groups in total. The Labute approximate surface area is 185 Å². The Morgan fingerprint density at radius 3 is 2.69 bits per heavy atom. The Kier molecular flexibility index (Phi) is 7.21. The van der Waals surface area contributed by atoms with Gasteiger partial charge < -0.3 is 11.2 Å². The second-order valence-corrected chi connectivity index (χ2v) is 7.64. The molecule has 0 saturated carbocycles. The number of rotatable bonds is 7. The summed E-state index contributed by atoms with van der Waals surface area (Å²) in [5.41, 5.74) is 3.84. The largest absolute Gasteiger partial charge is 0.334 e. The van der Waals surface area contributed by atoms with E-state index in [1.807, 2.05) is 18.2 Å². The average molecular weight is 471 g/mol. The van der Waals surface area contributed by atoms with E-state index in [9.17, 15) is 4.79 Å². The normalized spacial score (nSPS) is 11.0. The zero-order valence-corrected chi connectivity index (χ0v) is 17.7. The third kappa shape index (κ3) is 5.54. The summed E-state index contributed by atoms with van der Waals surface area (Å²) in [7, 11) is 0. The van der Waals surface area contributed by atoms with Crippen LogP contribution < -0.4 is 16.6 Å². The minimum Gasteiger partial charge on any atom is -0.334 e. The highest BCUT2D eigenvalue weighted by Gasteiger charge is 2.13.